The van der Waals surface area contributed by atoms with Crippen LogP contribution in [0.5, 0.6) is 0 Å². The van der Waals surface area contributed by atoms with E-state index in [1.165, 1.54) is 0 Å². The molecule has 2 nitrogen and oxygen atoms in total. The molecule has 6 aromatic carbocycles. The average Bonchev–Trinajstić information content (AvgIpc) is 3.43. The van der Waals surface area contributed by atoms with Crippen LogP contribution in [0.3, 0.4) is 0 Å². The van der Waals surface area contributed by atoms with Crippen molar-refractivity contribution in [3.63, 3.8) is 0 Å². The van der Waals surface area contributed by atoms with Crippen molar-refractivity contribution in [2.45, 2.75) is 0 Å². The second-order valence-electron chi connectivity index (χ2n) is 9.60. The Morgan fingerprint density at radius 2 is 0.634 bits per heavy atom. The first kappa shape index (κ1) is 26.5. The van der Waals surface area contributed by atoms with Gasteiger partial charge in [0.2, 0.25) is 0 Å². The molecule has 0 N–H and O–H groups in total. The third kappa shape index (κ3) is 4.51. The van der Waals surface area contributed by atoms with E-state index < -0.39 is 36.8 Å². The van der Waals surface area contributed by atoms with Gasteiger partial charge in [-0.25, -0.2) is 0 Å². The van der Waals surface area contributed by atoms with Crippen LogP contribution in [0.4, 0.5) is 0 Å². The van der Waals surface area contributed by atoms with Crippen LogP contribution in [0.1, 0.15) is 0 Å². The molecule has 0 radical (unpaired) electrons. The van der Waals surface area contributed by atoms with Crippen molar-refractivity contribution < 1.29 is 6.14 Å². The van der Waals surface area contributed by atoms with Crippen LogP contribution in [0.15, 0.2) is 158 Å². The monoisotopic (exact) mass is 776 g/mol. The van der Waals surface area contributed by atoms with Gasteiger partial charge in [0, 0.05) is 0 Å². The number of halogens is 2. The van der Waals surface area contributed by atoms with Crippen molar-refractivity contribution in [2.75, 3.05) is 0 Å². The SMILES string of the molecule is O=I(c1ccccc1)(c1ccccc1)c1ccc2sc3ccc(I(=O)(c4ccccc4)c4ccccc4)cc3c2c1. The summed E-state index contributed by atoms with van der Waals surface area (Å²) in [5.74, 6) is 0. The van der Waals surface area contributed by atoms with Gasteiger partial charge in [-0.15, -0.1) is 0 Å². The van der Waals surface area contributed by atoms with Crippen molar-refractivity contribution in [3.8, 4) is 0 Å². The third-order valence-electron chi connectivity index (χ3n) is 7.17. The van der Waals surface area contributed by atoms with Crippen molar-refractivity contribution >= 4 is 68.3 Å². The van der Waals surface area contributed by atoms with Gasteiger partial charge in [-0.1, -0.05) is 0 Å². The summed E-state index contributed by atoms with van der Waals surface area (Å²) in [5.41, 5.74) is 0. The summed E-state index contributed by atoms with van der Waals surface area (Å²) in [6.45, 7) is 0. The van der Waals surface area contributed by atoms with Crippen molar-refractivity contribution in [1.82, 2.24) is 0 Å². The van der Waals surface area contributed by atoms with Crippen LogP contribution in [-0.4, -0.2) is 0 Å². The molecule has 7 rings (SSSR count). The van der Waals surface area contributed by atoms with Crippen LogP contribution < -0.4 is 0 Å². The molecule has 5 heteroatoms. The Balaban J connectivity index is 1.47. The Hall–Kier alpha value is -3.40. The normalized spacial score (nSPS) is 12.9. The quantitative estimate of drug-likeness (QED) is 0.158. The molecule has 202 valence electrons. The molecule has 41 heavy (non-hydrogen) atoms. The molecule has 0 unspecified atom stereocenters. The first-order valence-electron chi connectivity index (χ1n) is 13.2. The molecule has 0 aliphatic rings. The van der Waals surface area contributed by atoms with E-state index in [4.69, 9.17) is 0 Å². The Morgan fingerprint density at radius 3 is 0.927 bits per heavy atom. The van der Waals surface area contributed by atoms with E-state index in [9.17, 15) is 0 Å². The summed E-state index contributed by atoms with van der Waals surface area (Å²) in [4.78, 5) is 0. The van der Waals surface area contributed by atoms with Gasteiger partial charge in [0.05, 0.1) is 0 Å². The molecule has 0 bridgehead atoms. The summed E-state index contributed by atoms with van der Waals surface area (Å²) < 4.78 is 37.8. The van der Waals surface area contributed by atoms with E-state index in [1.807, 2.05) is 133 Å². The Kier molecular flexibility index (Phi) is 6.97. The first-order valence-corrected chi connectivity index (χ1v) is 22.3. The minimum absolute atomic E-state index is 0.868. The van der Waals surface area contributed by atoms with Gasteiger partial charge in [-0.2, -0.15) is 0 Å². The summed E-state index contributed by atoms with van der Waals surface area (Å²) in [7, 11) is 0. The molecule has 0 saturated carbocycles. The Bertz CT molecular complexity index is 1850. The second kappa shape index (κ2) is 10.8. The zero-order chi connectivity index (χ0) is 27.9. The summed E-state index contributed by atoms with van der Waals surface area (Å²) in [5, 5.41) is 2.12. The fraction of sp³-hybridized carbons (Fsp3) is 0. The molecule has 0 atom stereocenters. The topological polar surface area (TPSA) is 34.1 Å². The molecule has 7 aromatic rings. The summed E-state index contributed by atoms with van der Waals surface area (Å²) >= 11 is -6.44. The van der Waals surface area contributed by atoms with E-state index in [1.54, 1.807) is 11.3 Å². The van der Waals surface area contributed by atoms with Crippen LogP contribution in [0.25, 0.3) is 20.2 Å². The number of hydrogen-bond donors (Lipinski definition) is 0. The predicted octanol–water partition coefficient (Wildman–Crippen LogP) is 10.6. The maximum atomic E-state index is 15.1. The van der Waals surface area contributed by atoms with Gasteiger partial charge in [0.15, 0.2) is 0 Å². The van der Waals surface area contributed by atoms with Gasteiger partial charge in [-0.3, -0.25) is 0 Å². The fourth-order valence-electron chi connectivity index (χ4n) is 5.18. The van der Waals surface area contributed by atoms with Gasteiger partial charge < -0.3 is 0 Å². The van der Waals surface area contributed by atoms with E-state index in [0.717, 1.165) is 41.6 Å². The van der Waals surface area contributed by atoms with Gasteiger partial charge >= 0.3 is 254 Å². The van der Waals surface area contributed by atoms with Crippen molar-refractivity contribution in [3.05, 3.63) is 179 Å². The number of fused-ring (bicyclic) bond motifs is 3. The number of hydrogen-bond acceptors (Lipinski definition) is 3. The molecule has 0 aliphatic heterocycles. The summed E-state index contributed by atoms with van der Waals surface area (Å²) in [6.07, 6.45) is 0. The predicted molar refractivity (Wildman–Crippen MR) is 187 cm³/mol. The van der Waals surface area contributed by atoms with Crippen LogP contribution in [-0.2, 0) is 6.14 Å². The average molecular weight is 776 g/mol. The Labute approximate surface area is 251 Å². The van der Waals surface area contributed by atoms with Crippen molar-refractivity contribution in [1.29, 1.82) is 0 Å². The van der Waals surface area contributed by atoms with E-state index in [-0.39, 0.29) is 0 Å². The fourth-order valence-corrected chi connectivity index (χ4v) is 19.1. The number of thiophene rings is 1. The van der Waals surface area contributed by atoms with Crippen molar-refractivity contribution in [2.24, 2.45) is 0 Å². The number of benzene rings is 6. The van der Waals surface area contributed by atoms with E-state index in [2.05, 4.69) is 24.3 Å². The Morgan fingerprint density at radius 1 is 0.341 bits per heavy atom. The van der Waals surface area contributed by atoms with E-state index >= 15 is 6.14 Å². The minimum atomic E-state index is -4.08. The van der Waals surface area contributed by atoms with Crippen LogP contribution >= 0.6 is 48.2 Å². The molecule has 0 fully saturated rings. The molecular weight excluding hydrogens is 750 g/mol. The molecule has 0 aliphatic carbocycles. The second-order valence-corrected chi connectivity index (χ2v) is 24.0. The van der Waals surface area contributed by atoms with Gasteiger partial charge in [0.1, 0.15) is 0 Å². The van der Waals surface area contributed by atoms with Crippen LogP contribution in [0, 0.1) is 21.4 Å². The zero-order valence-electron chi connectivity index (χ0n) is 22.0. The zero-order valence-corrected chi connectivity index (χ0v) is 27.1. The van der Waals surface area contributed by atoms with E-state index in [0.29, 0.717) is 0 Å². The molecule has 0 saturated heterocycles. The number of rotatable bonds is 6. The first-order chi connectivity index (χ1) is 20.1. The third-order valence-corrected chi connectivity index (χ3v) is 23.1. The molecule has 0 amide bonds. The molecule has 0 spiro atoms. The maximum absolute atomic E-state index is 15.1. The molecule has 1 aromatic heterocycles. The summed E-state index contributed by atoms with van der Waals surface area (Å²) in [6, 6.07) is 52.1. The van der Waals surface area contributed by atoms with Gasteiger partial charge in [-0.05, 0) is 0 Å². The molecular formula is C36H26I2O2S. The van der Waals surface area contributed by atoms with Gasteiger partial charge in [0.25, 0.3) is 0 Å². The van der Waals surface area contributed by atoms with Crippen LogP contribution in [0.2, 0.25) is 0 Å². The molecule has 1 heterocycles. The standard InChI is InChI=1S/C36H26I2O2S/c39-37(27-13-5-1-6-14-27,28-15-7-2-8-16-28)31-21-23-35-33(25-31)34-26-32(22-24-36(34)41-35)38(40,29-17-9-3-10-18-29)30-19-11-4-12-20-30/h1-26H.